The van der Waals surface area contributed by atoms with Crippen LogP contribution in [0, 0.1) is 0 Å². The molecule has 3 aliphatic heterocycles. The second-order valence-corrected chi connectivity index (χ2v) is 8.26. The highest BCUT2D eigenvalue weighted by molar-refractivity contribution is 5.76. The third-order valence-electron chi connectivity index (χ3n) is 6.92. The van der Waals surface area contributed by atoms with Crippen molar-refractivity contribution in [2.24, 2.45) is 0 Å². The fourth-order valence-electron chi connectivity index (χ4n) is 5.00. The van der Waals surface area contributed by atoms with Crippen molar-refractivity contribution in [1.29, 1.82) is 0 Å². The highest BCUT2D eigenvalue weighted by atomic mass is 16.6. The summed E-state index contributed by atoms with van der Waals surface area (Å²) in [5, 5.41) is 0. The Morgan fingerprint density at radius 3 is 2.52 bits per heavy atom. The number of carbonyl (C=O) groups is 2. The van der Waals surface area contributed by atoms with Crippen LogP contribution in [0.3, 0.4) is 0 Å². The second-order valence-electron chi connectivity index (χ2n) is 8.26. The summed E-state index contributed by atoms with van der Waals surface area (Å²) in [6.07, 6.45) is 4.52. The van der Waals surface area contributed by atoms with Gasteiger partial charge in [-0.3, -0.25) is 14.6 Å². The highest BCUT2D eigenvalue weighted by Crippen LogP contribution is 2.34. The number of rotatable bonds is 3. The topological polar surface area (TPSA) is 56.3 Å². The van der Waals surface area contributed by atoms with Crippen LogP contribution in [0.5, 0.6) is 0 Å². The van der Waals surface area contributed by atoms with E-state index in [9.17, 15) is 9.59 Å². The van der Waals surface area contributed by atoms with Gasteiger partial charge in [-0.05, 0) is 46.6 Å². The van der Waals surface area contributed by atoms with E-state index in [0.717, 1.165) is 71.5 Å². The summed E-state index contributed by atoms with van der Waals surface area (Å²) in [5.41, 5.74) is 0.107. The molecule has 0 aromatic heterocycles. The molecule has 3 fully saturated rings. The zero-order valence-corrected chi connectivity index (χ0v) is 17.3. The lowest BCUT2D eigenvalue weighted by molar-refractivity contribution is -0.130. The summed E-state index contributed by atoms with van der Waals surface area (Å²) in [7, 11) is 2.23. The molecule has 3 rings (SSSR count). The van der Waals surface area contributed by atoms with Crippen molar-refractivity contribution in [3.8, 4) is 0 Å². The summed E-state index contributed by atoms with van der Waals surface area (Å²) in [4.78, 5) is 33.3. The van der Waals surface area contributed by atoms with Crippen molar-refractivity contribution in [2.75, 3.05) is 59.5 Å². The quantitative estimate of drug-likeness (QED) is 0.745. The van der Waals surface area contributed by atoms with Crippen LogP contribution in [0.1, 0.15) is 46.0 Å². The Bertz CT molecular complexity index is 535. The number of likely N-dealkylation sites (N-methyl/N-ethyl adjacent to an activating group) is 1. The van der Waals surface area contributed by atoms with Gasteiger partial charge in [0.2, 0.25) is 5.91 Å². The number of nitrogens with zero attached hydrogens (tertiary/aromatic N) is 4. The van der Waals surface area contributed by atoms with Gasteiger partial charge in [0.25, 0.3) is 0 Å². The molecule has 2 amide bonds. The van der Waals surface area contributed by atoms with Gasteiger partial charge in [0, 0.05) is 63.8 Å². The lowest BCUT2D eigenvalue weighted by Crippen LogP contribution is -2.63. The first-order chi connectivity index (χ1) is 13.0. The Labute approximate surface area is 163 Å². The van der Waals surface area contributed by atoms with Crippen LogP contribution in [-0.2, 0) is 9.53 Å². The molecule has 0 aliphatic carbocycles. The van der Waals surface area contributed by atoms with E-state index in [4.69, 9.17) is 4.74 Å². The van der Waals surface area contributed by atoms with Gasteiger partial charge in [-0.2, -0.15) is 0 Å². The van der Waals surface area contributed by atoms with E-state index in [-0.39, 0.29) is 11.6 Å². The van der Waals surface area contributed by atoms with E-state index in [1.807, 2.05) is 16.7 Å². The van der Waals surface area contributed by atoms with Crippen molar-refractivity contribution in [2.45, 2.75) is 57.5 Å². The van der Waals surface area contributed by atoms with Crippen LogP contribution in [0.25, 0.3) is 0 Å². The van der Waals surface area contributed by atoms with Gasteiger partial charge in [-0.25, -0.2) is 4.79 Å². The Balaban J connectivity index is 1.61. The van der Waals surface area contributed by atoms with Crippen LogP contribution >= 0.6 is 0 Å². The molecule has 7 nitrogen and oxygen atoms in total. The number of hydrogen-bond donors (Lipinski definition) is 0. The summed E-state index contributed by atoms with van der Waals surface area (Å²) in [6.45, 7) is 10.8. The number of carbonyl (C=O) groups excluding carboxylic acids is 2. The molecule has 0 aromatic rings. The van der Waals surface area contributed by atoms with Crippen molar-refractivity contribution < 1.29 is 14.3 Å². The van der Waals surface area contributed by atoms with Gasteiger partial charge < -0.3 is 14.5 Å². The third-order valence-corrected chi connectivity index (χ3v) is 6.92. The van der Waals surface area contributed by atoms with Crippen LogP contribution < -0.4 is 0 Å². The van der Waals surface area contributed by atoms with E-state index in [1.165, 1.54) is 0 Å². The maximum atomic E-state index is 12.4. The van der Waals surface area contributed by atoms with Gasteiger partial charge in [-0.15, -0.1) is 0 Å². The minimum absolute atomic E-state index is 0.107. The summed E-state index contributed by atoms with van der Waals surface area (Å²) in [6, 6.07) is 0.530. The minimum Gasteiger partial charge on any atom is -0.450 e. The standard InChI is InChI=1S/C20H36N4O3/c1-4-22-13-10-20(9-6-18(22)25)16-24(15-14-21(20)3)17-7-11-23(12-8-17)19(26)27-5-2/h17H,4-16H2,1-3H3/t20-/m0/s1. The molecule has 3 saturated heterocycles. The minimum atomic E-state index is -0.173. The predicted molar refractivity (Wildman–Crippen MR) is 105 cm³/mol. The maximum Gasteiger partial charge on any atom is 0.409 e. The Morgan fingerprint density at radius 2 is 1.85 bits per heavy atom. The number of ether oxygens (including phenoxy) is 1. The number of piperazine rings is 1. The van der Waals surface area contributed by atoms with E-state index >= 15 is 0 Å². The third kappa shape index (κ3) is 4.40. The molecule has 27 heavy (non-hydrogen) atoms. The van der Waals surface area contributed by atoms with E-state index in [0.29, 0.717) is 25.0 Å². The molecule has 0 aromatic carbocycles. The number of hydrogen-bond acceptors (Lipinski definition) is 5. The smallest absolute Gasteiger partial charge is 0.409 e. The average molecular weight is 381 g/mol. The van der Waals surface area contributed by atoms with Gasteiger partial charge in [0.15, 0.2) is 0 Å². The molecule has 0 N–H and O–H groups in total. The first-order valence-electron chi connectivity index (χ1n) is 10.6. The van der Waals surface area contributed by atoms with Crippen LogP contribution in [0.4, 0.5) is 4.79 Å². The molecule has 0 bridgehead atoms. The molecule has 154 valence electrons. The lowest BCUT2D eigenvalue weighted by atomic mass is 9.85. The lowest BCUT2D eigenvalue weighted by Gasteiger charge is -2.52. The van der Waals surface area contributed by atoms with Crippen LogP contribution in [0.2, 0.25) is 0 Å². The monoisotopic (exact) mass is 380 g/mol. The average Bonchev–Trinajstić information content (AvgIpc) is 2.84. The molecule has 0 saturated carbocycles. The fraction of sp³-hybridized carbons (Fsp3) is 0.900. The van der Waals surface area contributed by atoms with Crippen LogP contribution in [0.15, 0.2) is 0 Å². The summed E-state index contributed by atoms with van der Waals surface area (Å²) < 4.78 is 5.14. The first kappa shape index (κ1) is 20.4. The summed E-state index contributed by atoms with van der Waals surface area (Å²) >= 11 is 0. The van der Waals surface area contributed by atoms with Gasteiger partial charge in [-0.1, -0.05) is 0 Å². The van der Waals surface area contributed by atoms with Crippen molar-refractivity contribution in [3.05, 3.63) is 0 Å². The normalized spacial score (nSPS) is 29.2. The number of likely N-dealkylation sites (tertiary alicyclic amines) is 2. The maximum absolute atomic E-state index is 12.4. The molecule has 0 radical (unpaired) electrons. The van der Waals surface area contributed by atoms with Gasteiger partial charge in [0.1, 0.15) is 0 Å². The molecule has 1 spiro atoms. The largest absolute Gasteiger partial charge is 0.450 e. The molecule has 3 aliphatic rings. The SMILES string of the molecule is CCOC(=O)N1CCC(N2CCN(C)[C@]3(CCC(=O)N(CC)CC3)C2)CC1. The Morgan fingerprint density at radius 1 is 1.11 bits per heavy atom. The summed E-state index contributed by atoms with van der Waals surface area (Å²) in [5.74, 6) is 0.308. The van der Waals surface area contributed by atoms with Crippen molar-refractivity contribution in [1.82, 2.24) is 19.6 Å². The van der Waals surface area contributed by atoms with Crippen molar-refractivity contribution >= 4 is 12.0 Å². The van der Waals surface area contributed by atoms with Gasteiger partial charge in [0.05, 0.1) is 6.61 Å². The zero-order valence-electron chi connectivity index (χ0n) is 17.3. The molecular formula is C20H36N4O3. The van der Waals surface area contributed by atoms with E-state index < -0.39 is 0 Å². The first-order valence-corrected chi connectivity index (χ1v) is 10.6. The highest BCUT2D eigenvalue weighted by Gasteiger charge is 2.43. The number of amides is 2. The molecule has 3 heterocycles. The molecule has 0 unspecified atom stereocenters. The van der Waals surface area contributed by atoms with Crippen molar-refractivity contribution in [3.63, 3.8) is 0 Å². The Hall–Kier alpha value is -1.34. The molecule has 1 atom stereocenters. The van der Waals surface area contributed by atoms with E-state index in [1.54, 1.807) is 0 Å². The molecule has 7 heteroatoms. The van der Waals surface area contributed by atoms with Crippen LogP contribution in [-0.4, -0.2) is 103 Å². The second kappa shape index (κ2) is 8.78. The zero-order chi connectivity index (χ0) is 19.4. The number of piperidine rings is 1. The molecular weight excluding hydrogens is 344 g/mol. The van der Waals surface area contributed by atoms with Gasteiger partial charge >= 0.3 is 6.09 Å². The van der Waals surface area contributed by atoms with E-state index in [2.05, 4.69) is 23.8 Å². The Kier molecular flexibility index (Phi) is 6.63. The fourth-order valence-corrected chi connectivity index (χ4v) is 5.00. The predicted octanol–water partition coefficient (Wildman–Crippen LogP) is 1.63.